The quantitative estimate of drug-likeness (QED) is 0.892. The third-order valence-corrected chi connectivity index (χ3v) is 4.53. The van der Waals surface area contributed by atoms with Gasteiger partial charge < -0.3 is 10.6 Å². The van der Waals surface area contributed by atoms with Crippen LogP contribution in [0, 0.1) is 0 Å². The van der Waals surface area contributed by atoms with Crippen LogP contribution in [0.15, 0.2) is 18.2 Å². The fourth-order valence-electron chi connectivity index (χ4n) is 2.59. The van der Waals surface area contributed by atoms with E-state index in [4.69, 9.17) is 23.2 Å². The lowest BCUT2D eigenvalue weighted by Gasteiger charge is -2.36. The Balaban J connectivity index is 1.99. The van der Waals surface area contributed by atoms with Crippen LogP contribution in [0.2, 0.25) is 10.0 Å². The summed E-state index contributed by atoms with van der Waals surface area (Å²) in [6.45, 7) is 3.76. The van der Waals surface area contributed by atoms with Crippen LogP contribution in [0.4, 0.5) is 5.69 Å². The third kappa shape index (κ3) is 4.33. The molecule has 0 aromatic heterocycles. The number of carbonyl (C=O) groups is 1. The van der Waals surface area contributed by atoms with Crippen LogP contribution in [-0.4, -0.2) is 43.0 Å². The van der Waals surface area contributed by atoms with Gasteiger partial charge in [0.25, 0.3) is 0 Å². The summed E-state index contributed by atoms with van der Waals surface area (Å²) in [7, 11) is 1.96. The highest BCUT2D eigenvalue weighted by Gasteiger charge is 2.26. The molecule has 2 N–H and O–H groups in total. The SMILES string of the molecule is CNC1CCCN(C(C)C(=O)Nc2ccc(Cl)cc2Cl)C1. The van der Waals surface area contributed by atoms with Gasteiger partial charge in [0.15, 0.2) is 0 Å². The Morgan fingerprint density at radius 2 is 2.19 bits per heavy atom. The molecule has 1 aliphatic heterocycles. The topological polar surface area (TPSA) is 44.4 Å². The lowest BCUT2D eigenvalue weighted by Crippen LogP contribution is -2.51. The van der Waals surface area contributed by atoms with Crippen molar-refractivity contribution in [3.05, 3.63) is 28.2 Å². The average molecular weight is 330 g/mol. The summed E-state index contributed by atoms with van der Waals surface area (Å²) in [6, 6.07) is 5.33. The standard InChI is InChI=1S/C15H21Cl2N3O/c1-10(20-7-3-4-12(9-20)18-2)15(21)19-14-6-5-11(16)8-13(14)17/h5-6,8,10,12,18H,3-4,7,9H2,1-2H3,(H,19,21). The minimum Gasteiger partial charge on any atom is -0.323 e. The Bertz CT molecular complexity index is 510. The lowest BCUT2D eigenvalue weighted by atomic mass is 10.0. The van der Waals surface area contributed by atoms with Crippen molar-refractivity contribution in [2.45, 2.75) is 31.8 Å². The number of benzene rings is 1. The third-order valence-electron chi connectivity index (χ3n) is 3.98. The van der Waals surface area contributed by atoms with Crippen LogP contribution < -0.4 is 10.6 Å². The number of carbonyl (C=O) groups excluding carboxylic acids is 1. The van der Waals surface area contributed by atoms with Crippen LogP contribution in [-0.2, 0) is 4.79 Å². The van der Waals surface area contributed by atoms with Gasteiger partial charge in [0.2, 0.25) is 5.91 Å². The molecule has 0 spiro atoms. The van der Waals surface area contributed by atoms with Gasteiger partial charge in [-0.1, -0.05) is 23.2 Å². The zero-order valence-electron chi connectivity index (χ0n) is 12.3. The highest BCUT2D eigenvalue weighted by Crippen LogP contribution is 2.25. The molecule has 0 bridgehead atoms. The first-order valence-electron chi connectivity index (χ1n) is 7.18. The van der Waals surface area contributed by atoms with Gasteiger partial charge in [-0.2, -0.15) is 0 Å². The van der Waals surface area contributed by atoms with Crippen LogP contribution in [0.5, 0.6) is 0 Å². The molecule has 4 nitrogen and oxygen atoms in total. The number of nitrogens with zero attached hydrogens (tertiary/aromatic N) is 1. The van der Waals surface area contributed by atoms with Crippen LogP contribution in [0.3, 0.4) is 0 Å². The van der Waals surface area contributed by atoms with Gasteiger partial charge in [-0.15, -0.1) is 0 Å². The lowest BCUT2D eigenvalue weighted by molar-refractivity contribution is -0.121. The van der Waals surface area contributed by atoms with Crippen molar-refractivity contribution in [1.82, 2.24) is 10.2 Å². The second kappa shape index (κ2) is 7.45. The van der Waals surface area contributed by atoms with Gasteiger partial charge in [-0.25, -0.2) is 0 Å². The molecule has 2 unspecified atom stereocenters. The number of nitrogens with one attached hydrogen (secondary N) is 2. The van der Waals surface area contributed by atoms with Crippen molar-refractivity contribution in [2.24, 2.45) is 0 Å². The number of rotatable bonds is 4. The fraction of sp³-hybridized carbons (Fsp3) is 0.533. The highest BCUT2D eigenvalue weighted by atomic mass is 35.5. The molecule has 0 aliphatic carbocycles. The zero-order chi connectivity index (χ0) is 15.4. The van der Waals surface area contributed by atoms with E-state index in [1.807, 2.05) is 14.0 Å². The maximum atomic E-state index is 12.4. The molecule has 1 amide bonds. The Kier molecular flexibility index (Phi) is 5.88. The molecule has 6 heteroatoms. The van der Waals surface area contributed by atoms with Crippen molar-refractivity contribution in [1.29, 1.82) is 0 Å². The van der Waals surface area contributed by atoms with Crippen LogP contribution in [0.1, 0.15) is 19.8 Å². The van der Waals surface area contributed by atoms with E-state index in [2.05, 4.69) is 15.5 Å². The molecule has 1 aliphatic rings. The number of piperidine rings is 1. The van der Waals surface area contributed by atoms with E-state index in [1.165, 1.54) is 0 Å². The summed E-state index contributed by atoms with van der Waals surface area (Å²) in [4.78, 5) is 14.6. The summed E-state index contributed by atoms with van der Waals surface area (Å²) in [5.41, 5.74) is 0.597. The van der Waals surface area contributed by atoms with Gasteiger partial charge >= 0.3 is 0 Å². The maximum Gasteiger partial charge on any atom is 0.241 e. The van der Waals surface area contributed by atoms with Crippen LogP contribution in [0.25, 0.3) is 0 Å². The first-order chi connectivity index (χ1) is 10.0. The number of hydrogen-bond donors (Lipinski definition) is 2. The van der Waals surface area contributed by atoms with Gasteiger partial charge in [0.05, 0.1) is 16.8 Å². The largest absolute Gasteiger partial charge is 0.323 e. The molecule has 1 saturated heterocycles. The van der Waals surface area contributed by atoms with Gasteiger partial charge in [-0.3, -0.25) is 9.69 Å². The summed E-state index contributed by atoms with van der Waals surface area (Å²) in [5, 5.41) is 7.17. The van der Waals surface area contributed by atoms with E-state index in [-0.39, 0.29) is 11.9 Å². The molecule has 2 atom stereocenters. The number of likely N-dealkylation sites (tertiary alicyclic amines) is 1. The smallest absolute Gasteiger partial charge is 0.241 e. The molecule has 1 heterocycles. The first kappa shape index (κ1) is 16.6. The molecule has 116 valence electrons. The maximum absolute atomic E-state index is 12.4. The van der Waals surface area contributed by atoms with Gasteiger partial charge in [0, 0.05) is 17.6 Å². The Morgan fingerprint density at radius 3 is 2.86 bits per heavy atom. The average Bonchev–Trinajstić information content (AvgIpc) is 2.49. The van der Waals surface area contributed by atoms with Crippen molar-refractivity contribution < 1.29 is 4.79 Å². The molecule has 21 heavy (non-hydrogen) atoms. The summed E-state index contributed by atoms with van der Waals surface area (Å²) in [6.07, 6.45) is 2.26. The molecule has 1 aromatic rings. The van der Waals surface area contributed by atoms with E-state index >= 15 is 0 Å². The highest BCUT2D eigenvalue weighted by molar-refractivity contribution is 6.36. The predicted molar refractivity (Wildman–Crippen MR) is 88.2 cm³/mol. The molecular weight excluding hydrogens is 309 g/mol. The molecule has 0 radical (unpaired) electrons. The Morgan fingerprint density at radius 1 is 1.43 bits per heavy atom. The number of hydrogen-bond acceptors (Lipinski definition) is 3. The number of amides is 1. The van der Waals surface area contributed by atoms with Crippen molar-refractivity contribution in [3.63, 3.8) is 0 Å². The van der Waals surface area contributed by atoms with Crippen molar-refractivity contribution >= 4 is 34.8 Å². The molecule has 2 rings (SSSR count). The second-order valence-electron chi connectivity index (χ2n) is 5.41. The minimum absolute atomic E-state index is 0.0454. The van der Waals surface area contributed by atoms with E-state index in [1.54, 1.807) is 18.2 Å². The summed E-state index contributed by atoms with van der Waals surface area (Å²) < 4.78 is 0. The molecule has 1 fully saturated rings. The molecular formula is C15H21Cl2N3O. The van der Waals surface area contributed by atoms with E-state index < -0.39 is 0 Å². The molecule has 0 saturated carbocycles. The number of likely N-dealkylation sites (N-methyl/N-ethyl adjacent to an activating group) is 1. The number of halogens is 2. The second-order valence-corrected chi connectivity index (χ2v) is 6.26. The van der Waals surface area contributed by atoms with E-state index in [9.17, 15) is 4.79 Å². The zero-order valence-corrected chi connectivity index (χ0v) is 13.8. The molecule has 1 aromatic carbocycles. The van der Waals surface area contributed by atoms with Gasteiger partial charge in [0.1, 0.15) is 0 Å². The minimum atomic E-state index is -0.187. The summed E-state index contributed by atoms with van der Waals surface area (Å²) >= 11 is 11.9. The fourth-order valence-corrected chi connectivity index (χ4v) is 3.04. The van der Waals surface area contributed by atoms with E-state index in [0.29, 0.717) is 21.8 Å². The Hall–Kier alpha value is -0.810. The van der Waals surface area contributed by atoms with Gasteiger partial charge in [-0.05, 0) is 51.6 Å². The normalized spacial score (nSPS) is 21.0. The Labute approximate surface area is 135 Å². The van der Waals surface area contributed by atoms with Crippen LogP contribution >= 0.6 is 23.2 Å². The summed E-state index contributed by atoms with van der Waals surface area (Å²) in [5.74, 6) is -0.0454. The van der Waals surface area contributed by atoms with E-state index in [0.717, 1.165) is 25.9 Å². The predicted octanol–water partition coefficient (Wildman–Crippen LogP) is 3.00. The first-order valence-corrected chi connectivity index (χ1v) is 7.94. The van der Waals surface area contributed by atoms with Crippen molar-refractivity contribution in [2.75, 3.05) is 25.5 Å². The van der Waals surface area contributed by atoms with Crippen molar-refractivity contribution in [3.8, 4) is 0 Å². The monoisotopic (exact) mass is 329 g/mol. The number of anilines is 1.